The molecule has 96 valence electrons. The molecule has 19 heavy (non-hydrogen) atoms. The topological polar surface area (TPSA) is 29.1 Å². The van der Waals surface area contributed by atoms with Gasteiger partial charge in [-0.15, -0.1) is 0 Å². The van der Waals surface area contributed by atoms with Gasteiger partial charge in [0.1, 0.15) is 0 Å². The molecule has 0 bridgehead atoms. The van der Waals surface area contributed by atoms with Gasteiger partial charge in [-0.1, -0.05) is 36.8 Å². The van der Waals surface area contributed by atoms with Gasteiger partial charge in [0.15, 0.2) is 0 Å². The lowest BCUT2D eigenvalue weighted by Gasteiger charge is -2.26. The quantitative estimate of drug-likeness (QED) is 0.859. The number of hydrogen-bond acceptors (Lipinski definition) is 1. The van der Waals surface area contributed by atoms with Gasteiger partial charge in [-0.2, -0.15) is 0 Å². The van der Waals surface area contributed by atoms with Crippen LogP contribution in [0.2, 0.25) is 0 Å². The van der Waals surface area contributed by atoms with E-state index in [1.165, 1.54) is 30.0 Å². The molecule has 2 fully saturated rings. The minimum Gasteiger partial charge on any atom is -0.326 e. The Morgan fingerprint density at radius 2 is 1.89 bits per heavy atom. The summed E-state index contributed by atoms with van der Waals surface area (Å²) >= 11 is 0. The number of rotatable bonds is 2. The van der Waals surface area contributed by atoms with E-state index in [9.17, 15) is 4.79 Å². The van der Waals surface area contributed by atoms with Crippen molar-refractivity contribution in [3.8, 4) is 0 Å². The number of benzene rings is 2. The van der Waals surface area contributed by atoms with Crippen molar-refractivity contribution in [3.05, 3.63) is 42.5 Å². The van der Waals surface area contributed by atoms with Crippen LogP contribution in [0, 0.1) is 11.3 Å². The predicted molar refractivity (Wildman–Crippen MR) is 77.0 cm³/mol. The first-order valence-corrected chi connectivity index (χ1v) is 7.07. The molecule has 0 saturated heterocycles. The number of hydrogen-bond donors (Lipinski definition) is 1. The Morgan fingerprint density at radius 3 is 2.58 bits per heavy atom. The van der Waals surface area contributed by atoms with E-state index in [0.717, 1.165) is 12.1 Å². The average molecular weight is 251 g/mol. The molecule has 2 saturated carbocycles. The molecule has 2 aromatic carbocycles. The second-order valence-corrected chi connectivity index (χ2v) is 6.02. The molecule has 2 nitrogen and oxygen atoms in total. The van der Waals surface area contributed by atoms with E-state index in [-0.39, 0.29) is 11.8 Å². The fraction of sp³-hybridized carbons (Fsp3) is 0.353. The molecule has 2 aliphatic rings. The highest BCUT2D eigenvalue weighted by atomic mass is 16.2. The van der Waals surface area contributed by atoms with Crippen molar-refractivity contribution >= 4 is 22.4 Å². The number of carbonyl (C=O) groups excluding carboxylic acids is 1. The summed E-state index contributed by atoms with van der Waals surface area (Å²) in [5.74, 6) is 0.489. The van der Waals surface area contributed by atoms with Crippen LogP contribution in [0.4, 0.5) is 5.69 Å². The molecule has 4 rings (SSSR count). The first-order valence-electron chi connectivity index (χ1n) is 7.07. The monoisotopic (exact) mass is 251 g/mol. The van der Waals surface area contributed by atoms with Crippen LogP contribution in [0.5, 0.6) is 0 Å². The predicted octanol–water partition coefficient (Wildman–Crippen LogP) is 3.97. The molecule has 1 atom stereocenters. The van der Waals surface area contributed by atoms with E-state index in [1.807, 2.05) is 18.2 Å². The van der Waals surface area contributed by atoms with Gasteiger partial charge in [-0.25, -0.2) is 0 Å². The Labute approximate surface area is 112 Å². The molecule has 1 spiro atoms. The van der Waals surface area contributed by atoms with Gasteiger partial charge in [0.05, 0.1) is 0 Å². The van der Waals surface area contributed by atoms with E-state index in [2.05, 4.69) is 29.6 Å². The van der Waals surface area contributed by atoms with Gasteiger partial charge >= 0.3 is 0 Å². The third-order valence-electron chi connectivity index (χ3n) is 4.87. The first kappa shape index (κ1) is 11.0. The van der Waals surface area contributed by atoms with E-state index in [0.29, 0.717) is 5.41 Å². The Bertz CT molecular complexity index is 657. The van der Waals surface area contributed by atoms with Crippen LogP contribution in [-0.4, -0.2) is 5.91 Å². The van der Waals surface area contributed by atoms with Gasteiger partial charge in [0, 0.05) is 11.6 Å². The zero-order valence-electron chi connectivity index (χ0n) is 10.9. The van der Waals surface area contributed by atoms with Gasteiger partial charge in [-0.05, 0) is 47.6 Å². The van der Waals surface area contributed by atoms with Gasteiger partial charge in [0.2, 0.25) is 5.91 Å². The van der Waals surface area contributed by atoms with E-state index in [4.69, 9.17) is 0 Å². The molecule has 2 aromatic rings. The normalized spacial score (nSPS) is 23.1. The summed E-state index contributed by atoms with van der Waals surface area (Å²) in [6, 6.07) is 14.3. The molecular weight excluding hydrogens is 234 g/mol. The highest BCUT2D eigenvalue weighted by Gasteiger charge is 2.60. The second kappa shape index (κ2) is 3.83. The Kier molecular flexibility index (Phi) is 2.22. The Morgan fingerprint density at radius 1 is 1.11 bits per heavy atom. The molecule has 0 aliphatic heterocycles. The van der Waals surface area contributed by atoms with Gasteiger partial charge < -0.3 is 5.32 Å². The van der Waals surface area contributed by atoms with Crippen LogP contribution >= 0.6 is 0 Å². The maximum Gasteiger partial charge on any atom is 0.228 e. The minimum atomic E-state index is 0.218. The van der Waals surface area contributed by atoms with Crippen molar-refractivity contribution in [3.63, 3.8) is 0 Å². The van der Waals surface area contributed by atoms with Crippen LogP contribution in [0.3, 0.4) is 0 Å². The fourth-order valence-electron chi connectivity index (χ4n) is 3.40. The van der Waals surface area contributed by atoms with Crippen molar-refractivity contribution in [2.24, 2.45) is 11.3 Å². The summed E-state index contributed by atoms with van der Waals surface area (Å²) in [6.07, 6.45) is 4.91. The Balaban J connectivity index is 1.53. The van der Waals surface area contributed by atoms with Crippen LogP contribution in [0.25, 0.3) is 10.8 Å². The summed E-state index contributed by atoms with van der Waals surface area (Å²) in [6.45, 7) is 0. The molecule has 2 aliphatic carbocycles. The number of fused-ring (bicyclic) bond motifs is 1. The summed E-state index contributed by atoms with van der Waals surface area (Å²) < 4.78 is 0. The molecular formula is C17H17NO. The SMILES string of the molecule is O=C(Nc1ccc2ccccc2c1)C1CC12CCC2. The number of anilines is 1. The minimum absolute atomic E-state index is 0.218. The lowest BCUT2D eigenvalue weighted by Crippen LogP contribution is -2.23. The second-order valence-electron chi connectivity index (χ2n) is 6.02. The van der Waals surface area contributed by atoms with Gasteiger partial charge in [0.25, 0.3) is 0 Å². The zero-order chi connectivity index (χ0) is 12.9. The molecule has 0 aromatic heterocycles. The lowest BCUT2D eigenvalue weighted by molar-refractivity contribution is -0.118. The van der Waals surface area contributed by atoms with Crippen molar-refractivity contribution in [2.75, 3.05) is 5.32 Å². The lowest BCUT2D eigenvalue weighted by atomic mass is 9.79. The summed E-state index contributed by atoms with van der Waals surface area (Å²) in [4.78, 5) is 12.2. The van der Waals surface area contributed by atoms with E-state index >= 15 is 0 Å². The maximum absolute atomic E-state index is 12.2. The molecule has 1 unspecified atom stereocenters. The van der Waals surface area contributed by atoms with Crippen molar-refractivity contribution in [2.45, 2.75) is 25.7 Å². The fourth-order valence-corrected chi connectivity index (χ4v) is 3.40. The zero-order valence-corrected chi connectivity index (χ0v) is 10.9. The Hall–Kier alpha value is -1.83. The average Bonchev–Trinajstić information content (AvgIpc) is 3.14. The smallest absolute Gasteiger partial charge is 0.228 e. The van der Waals surface area contributed by atoms with E-state index < -0.39 is 0 Å². The highest BCUT2D eigenvalue weighted by Crippen LogP contribution is 2.65. The van der Waals surface area contributed by atoms with Crippen molar-refractivity contribution in [1.82, 2.24) is 0 Å². The van der Waals surface area contributed by atoms with Crippen LogP contribution in [-0.2, 0) is 4.79 Å². The third-order valence-corrected chi connectivity index (χ3v) is 4.87. The van der Waals surface area contributed by atoms with Crippen molar-refractivity contribution < 1.29 is 4.79 Å². The van der Waals surface area contributed by atoms with Gasteiger partial charge in [-0.3, -0.25) is 4.79 Å². The first-order chi connectivity index (χ1) is 9.27. The van der Waals surface area contributed by atoms with Crippen LogP contribution in [0.15, 0.2) is 42.5 Å². The number of amides is 1. The van der Waals surface area contributed by atoms with Crippen LogP contribution in [0.1, 0.15) is 25.7 Å². The van der Waals surface area contributed by atoms with E-state index in [1.54, 1.807) is 0 Å². The molecule has 2 heteroatoms. The van der Waals surface area contributed by atoms with Crippen molar-refractivity contribution in [1.29, 1.82) is 0 Å². The molecule has 1 amide bonds. The summed E-state index contributed by atoms with van der Waals surface area (Å²) in [5.41, 5.74) is 1.33. The molecule has 0 heterocycles. The number of carbonyl (C=O) groups is 1. The standard InChI is InChI=1S/C17H17NO/c19-16(15-11-17(15)8-3-9-17)18-14-7-6-12-4-1-2-5-13(12)10-14/h1-2,4-7,10,15H,3,8-9,11H2,(H,18,19). The van der Waals surface area contributed by atoms with Crippen LogP contribution < -0.4 is 5.32 Å². The third kappa shape index (κ3) is 1.74. The summed E-state index contributed by atoms with van der Waals surface area (Å²) in [5, 5.41) is 5.47. The highest BCUT2D eigenvalue weighted by molar-refractivity contribution is 5.97. The summed E-state index contributed by atoms with van der Waals surface area (Å²) in [7, 11) is 0. The largest absolute Gasteiger partial charge is 0.326 e. The molecule has 0 radical (unpaired) electrons. The maximum atomic E-state index is 12.2. The molecule has 1 N–H and O–H groups in total. The number of nitrogens with one attached hydrogen (secondary N) is 1.